The number of hydrogen-bond acceptors (Lipinski definition) is 5. The molecular weight excluding hydrogens is 398 g/mol. The predicted octanol–water partition coefficient (Wildman–Crippen LogP) is 3.23. The first kappa shape index (κ1) is 21.7. The van der Waals surface area contributed by atoms with Crippen LogP contribution in [0.1, 0.15) is 71.0 Å². The standard InChI is InChI=1S/C22H35N5O2S/c1-3-27-19(13-26-10-6-4-5-7-21(26)29)24-25-22(27)30-14-20(28)23-15(2)18-12-16-8-9-17(18)11-16/h15-18H,3-14H2,1-2H3,(H,23,28)/t15-,16-,17-,18+/m1/s1. The van der Waals surface area contributed by atoms with Gasteiger partial charge in [-0.25, -0.2) is 0 Å². The van der Waals surface area contributed by atoms with Gasteiger partial charge in [-0.1, -0.05) is 24.6 Å². The van der Waals surface area contributed by atoms with Crippen LogP contribution in [0.4, 0.5) is 0 Å². The topological polar surface area (TPSA) is 80.1 Å². The Labute approximate surface area is 183 Å². The number of hydrogen-bond donors (Lipinski definition) is 1. The van der Waals surface area contributed by atoms with Crippen LogP contribution < -0.4 is 5.32 Å². The van der Waals surface area contributed by atoms with Crippen LogP contribution in [0.15, 0.2) is 5.16 Å². The fourth-order valence-corrected chi connectivity index (χ4v) is 6.51. The van der Waals surface area contributed by atoms with Crippen LogP contribution in [0, 0.1) is 17.8 Å². The van der Waals surface area contributed by atoms with Crippen LogP contribution >= 0.6 is 11.8 Å². The van der Waals surface area contributed by atoms with Crippen molar-refractivity contribution < 1.29 is 9.59 Å². The van der Waals surface area contributed by atoms with Crippen molar-refractivity contribution in [1.29, 1.82) is 0 Å². The summed E-state index contributed by atoms with van der Waals surface area (Å²) >= 11 is 1.44. The Bertz CT molecular complexity index is 767. The first-order valence-electron chi connectivity index (χ1n) is 11.7. The Balaban J connectivity index is 1.30. The largest absolute Gasteiger partial charge is 0.353 e. The monoisotopic (exact) mass is 433 g/mol. The lowest BCUT2D eigenvalue weighted by molar-refractivity contribution is -0.131. The molecule has 4 rings (SSSR count). The van der Waals surface area contributed by atoms with E-state index in [9.17, 15) is 9.59 Å². The van der Waals surface area contributed by atoms with E-state index in [-0.39, 0.29) is 17.9 Å². The molecule has 0 aromatic carbocycles. The second kappa shape index (κ2) is 9.71. The van der Waals surface area contributed by atoms with Crippen LogP contribution in [0.2, 0.25) is 0 Å². The molecule has 0 unspecified atom stereocenters. The third kappa shape index (κ3) is 4.84. The van der Waals surface area contributed by atoms with E-state index in [4.69, 9.17) is 0 Å². The Morgan fingerprint density at radius 1 is 1.23 bits per heavy atom. The summed E-state index contributed by atoms with van der Waals surface area (Å²) in [4.78, 5) is 26.8. The maximum Gasteiger partial charge on any atom is 0.230 e. The van der Waals surface area contributed by atoms with E-state index in [1.165, 1.54) is 37.4 Å². The van der Waals surface area contributed by atoms with Gasteiger partial charge >= 0.3 is 0 Å². The molecule has 2 heterocycles. The molecule has 1 aromatic heterocycles. The first-order chi connectivity index (χ1) is 14.5. The zero-order valence-corrected chi connectivity index (χ0v) is 19.1. The van der Waals surface area contributed by atoms with Gasteiger partial charge < -0.3 is 14.8 Å². The molecule has 2 aliphatic carbocycles. The molecule has 8 heteroatoms. The Kier molecular flexibility index (Phi) is 7.01. The van der Waals surface area contributed by atoms with Crippen molar-refractivity contribution >= 4 is 23.6 Å². The molecule has 166 valence electrons. The van der Waals surface area contributed by atoms with E-state index in [2.05, 4.69) is 29.4 Å². The molecule has 1 aliphatic heterocycles. The molecule has 4 atom stereocenters. The molecular formula is C22H35N5O2S. The summed E-state index contributed by atoms with van der Waals surface area (Å²) in [5.41, 5.74) is 0. The zero-order valence-electron chi connectivity index (χ0n) is 18.3. The number of carbonyl (C=O) groups excluding carboxylic acids is 2. The minimum Gasteiger partial charge on any atom is -0.353 e. The summed E-state index contributed by atoms with van der Waals surface area (Å²) in [6.07, 6.45) is 9.13. The number of thioether (sulfide) groups is 1. The number of nitrogens with zero attached hydrogens (tertiary/aromatic N) is 4. The van der Waals surface area contributed by atoms with Gasteiger partial charge in [0.15, 0.2) is 11.0 Å². The number of amides is 2. The molecule has 2 bridgehead atoms. The number of rotatable bonds is 8. The van der Waals surface area contributed by atoms with E-state index >= 15 is 0 Å². The second-order valence-corrected chi connectivity index (χ2v) is 10.2. The van der Waals surface area contributed by atoms with Gasteiger partial charge in [0.1, 0.15) is 0 Å². The minimum atomic E-state index is 0.0742. The number of aromatic nitrogens is 3. The van der Waals surface area contributed by atoms with Gasteiger partial charge in [-0.05, 0) is 63.7 Å². The molecule has 30 heavy (non-hydrogen) atoms. The quantitative estimate of drug-likeness (QED) is 0.637. The fraction of sp³-hybridized carbons (Fsp3) is 0.818. The number of likely N-dealkylation sites (tertiary alicyclic amines) is 1. The smallest absolute Gasteiger partial charge is 0.230 e. The number of nitrogens with one attached hydrogen (secondary N) is 1. The normalized spacial score (nSPS) is 27.3. The lowest BCUT2D eigenvalue weighted by Crippen LogP contribution is -2.40. The lowest BCUT2D eigenvalue weighted by atomic mass is 9.84. The average molecular weight is 434 g/mol. The number of carbonyl (C=O) groups is 2. The van der Waals surface area contributed by atoms with Gasteiger partial charge in [-0.15, -0.1) is 10.2 Å². The molecule has 0 spiro atoms. The molecule has 0 radical (unpaired) electrons. The minimum absolute atomic E-state index is 0.0742. The molecule has 7 nitrogen and oxygen atoms in total. The predicted molar refractivity (Wildman–Crippen MR) is 117 cm³/mol. The van der Waals surface area contributed by atoms with E-state index < -0.39 is 0 Å². The highest BCUT2D eigenvalue weighted by atomic mass is 32.2. The van der Waals surface area contributed by atoms with Gasteiger partial charge in [-0.3, -0.25) is 9.59 Å². The highest BCUT2D eigenvalue weighted by Gasteiger charge is 2.42. The second-order valence-electron chi connectivity index (χ2n) is 9.25. The molecule has 1 saturated heterocycles. The van der Waals surface area contributed by atoms with Gasteiger partial charge in [0.25, 0.3) is 0 Å². The molecule has 3 aliphatic rings. The van der Waals surface area contributed by atoms with E-state index in [1.807, 2.05) is 9.47 Å². The van der Waals surface area contributed by atoms with Gasteiger partial charge in [0.05, 0.1) is 12.3 Å². The maximum atomic E-state index is 12.6. The summed E-state index contributed by atoms with van der Waals surface area (Å²) < 4.78 is 2.04. The average Bonchev–Trinajstić information content (AvgIpc) is 3.43. The molecule has 1 aromatic rings. The highest BCUT2D eigenvalue weighted by Crippen LogP contribution is 2.49. The first-order valence-corrected chi connectivity index (χ1v) is 12.7. The third-order valence-electron chi connectivity index (χ3n) is 7.27. The van der Waals surface area contributed by atoms with Crippen LogP contribution in [0.25, 0.3) is 0 Å². The zero-order chi connectivity index (χ0) is 21.1. The Morgan fingerprint density at radius 3 is 2.83 bits per heavy atom. The van der Waals surface area contributed by atoms with Crippen molar-refractivity contribution in [1.82, 2.24) is 25.0 Å². The Hall–Kier alpha value is -1.57. The van der Waals surface area contributed by atoms with Gasteiger partial charge in [0.2, 0.25) is 11.8 Å². The SMILES string of the molecule is CCn1c(CN2CCCCCC2=O)nnc1SCC(=O)N[C@H](C)[C@@H]1C[C@@H]2CC[C@@H]1C2. The van der Waals surface area contributed by atoms with Crippen LogP contribution in [-0.2, 0) is 22.7 Å². The lowest BCUT2D eigenvalue weighted by Gasteiger charge is -2.28. The molecule has 2 saturated carbocycles. The third-order valence-corrected chi connectivity index (χ3v) is 8.24. The van der Waals surface area contributed by atoms with Crippen molar-refractivity contribution in [2.24, 2.45) is 17.8 Å². The van der Waals surface area contributed by atoms with Crippen molar-refractivity contribution in [2.45, 2.75) is 89.5 Å². The van der Waals surface area contributed by atoms with Gasteiger partial charge in [-0.2, -0.15) is 0 Å². The number of fused-ring (bicyclic) bond motifs is 2. The fourth-order valence-electron chi connectivity index (χ4n) is 5.68. The van der Waals surface area contributed by atoms with Crippen LogP contribution in [0.5, 0.6) is 0 Å². The van der Waals surface area contributed by atoms with E-state index in [1.54, 1.807) is 0 Å². The van der Waals surface area contributed by atoms with Gasteiger partial charge in [0, 0.05) is 25.6 Å². The molecule has 2 amide bonds. The van der Waals surface area contributed by atoms with E-state index in [0.717, 1.165) is 55.2 Å². The van der Waals surface area contributed by atoms with E-state index in [0.29, 0.717) is 24.6 Å². The van der Waals surface area contributed by atoms with Crippen molar-refractivity contribution in [3.63, 3.8) is 0 Å². The van der Waals surface area contributed by atoms with Crippen molar-refractivity contribution in [3.8, 4) is 0 Å². The summed E-state index contributed by atoms with van der Waals surface area (Å²) in [6.45, 7) is 6.25. The van der Waals surface area contributed by atoms with Crippen molar-refractivity contribution in [3.05, 3.63) is 5.82 Å². The maximum absolute atomic E-state index is 12.6. The molecule has 1 N–H and O–H groups in total. The summed E-state index contributed by atoms with van der Waals surface area (Å²) in [5, 5.41) is 12.7. The summed E-state index contributed by atoms with van der Waals surface area (Å²) in [5.74, 6) is 3.80. The molecule has 3 fully saturated rings. The summed E-state index contributed by atoms with van der Waals surface area (Å²) in [6, 6.07) is 0.252. The summed E-state index contributed by atoms with van der Waals surface area (Å²) in [7, 11) is 0. The highest BCUT2D eigenvalue weighted by molar-refractivity contribution is 7.99. The van der Waals surface area contributed by atoms with Crippen molar-refractivity contribution in [2.75, 3.05) is 12.3 Å². The van der Waals surface area contributed by atoms with Crippen LogP contribution in [-0.4, -0.2) is 49.8 Å². The van der Waals surface area contributed by atoms with Crippen LogP contribution in [0.3, 0.4) is 0 Å². The Morgan fingerprint density at radius 2 is 2.10 bits per heavy atom.